The predicted octanol–water partition coefficient (Wildman–Crippen LogP) is 2.94. The van der Waals surface area contributed by atoms with Crippen molar-refractivity contribution in [3.63, 3.8) is 0 Å². The molecule has 0 saturated carbocycles. The monoisotopic (exact) mass is 227 g/mol. The van der Waals surface area contributed by atoms with E-state index in [-0.39, 0.29) is 0 Å². The molecule has 1 heterocycles. The highest BCUT2D eigenvalue weighted by Crippen LogP contribution is 2.13. The van der Waals surface area contributed by atoms with Crippen LogP contribution in [0.15, 0.2) is 5.38 Å². The van der Waals surface area contributed by atoms with Crippen LogP contribution in [0.5, 0.6) is 0 Å². The summed E-state index contributed by atoms with van der Waals surface area (Å²) in [7, 11) is 0. The Morgan fingerprint density at radius 3 is 3.07 bits per heavy atom. The Balaban J connectivity index is 2.23. The number of thiazole rings is 1. The summed E-state index contributed by atoms with van der Waals surface area (Å²) >= 11 is 1.56. The van der Waals surface area contributed by atoms with Crippen LogP contribution in [0.1, 0.15) is 43.3 Å². The van der Waals surface area contributed by atoms with Crippen molar-refractivity contribution in [2.45, 2.75) is 45.6 Å². The number of hydrogen-bond donors (Lipinski definition) is 0. The molecule has 0 radical (unpaired) electrons. The summed E-state index contributed by atoms with van der Waals surface area (Å²) in [4.78, 5) is 14.4. The molecule has 0 saturated heterocycles. The number of aryl methyl sites for hydroxylation is 1. The van der Waals surface area contributed by atoms with E-state index in [1.807, 2.05) is 0 Å². The number of hydrogen-bond acceptors (Lipinski definition) is 4. The third-order valence-corrected chi connectivity index (χ3v) is 3.03. The van der Waals surface area contributed by atoms with Crippen LogP contribution in [-0.4, -0.2) is 11.5 Å². The van der Waals surface area contributed by atoms with Gasteiger partial charge in [-0.3, -0.25) is 4.79 Å². The lowest BCUT2D eigenvalue weighted by atomic mass is 10.1. The summed E-state index contributed by atoms with van der Waals surface area (Å²) in [5, 5.41) is 2.93. The first-order valence-corrected chi connectivity index (χ1v) is 6.23. The number of carbonyl (C=O) groups excluding carboxylic acids is 1. The average Bonchev–Trinajstić information content (AvgIpc) is 2.69. The fraction of sp³-hybridized carbons (Fsp3) is 0.636. The number of carbonyl (C=O) groups is 1. The molecule has 0 fully saturated rings. The fourth-order valence-corrected chi connectivity index (χ4v) is 2.12. The van der Waals surface area contributed by atoms with Crippen molar-refractivity contribution in [3.8, 4) is 0 Å². The van der Waals surface area contributed by atoms with Crippen LogP contribution in [0, 0.1) is 0 Å². The van der Waals surface area contributed by atoms with E-state index in [0.717, 1.165) is 17.1 Å². The van der Waals surface area contributed by atoms with Crippen LogP contribution >= 0.6 is 11.3 Å². The predicted molar refractivity (Wildman–Crippen MR) is 60.8 cm³/mol. The molecule has 0 amide bonds. The zero-order valence-corrected chi connectivity index (χ0v) is 9.89. The Bertz CT molecular complexity index is 286. The highest BCUT2D eigenvalue weighted by Gasteiger charge is 2.01. The third kappa shape index (κ3) is 4.93. The van der Waals surface area contributed by atoms with E-state index in [2.05, 4.69) is 22.0 Å². The van der Waals surface area contributed by atoms with E-state index in [9.17, 15) is 4.79 Å². The van der Waals surface area contributed by atoms with E-state index >= 15 is 0 Å². The van der Waals surface area contributed by atoms with Crippen molar-refractivity contribution in [1.29, 1.82) is 0 Å². The highest BCUT2D eigenvalue weighted by molar-refractivity contribution is 7.09. The van der Waals surface area contributed by atoms with Crippen molar-refractivity contribution < 1.29 is 9.53 Å². The van der Waals surface area contributed by atoms with Gasteiger partial charge in [0, 0.05) is 5.38 Å². The molecule has 84 valence electrons. The number of ether oxygens (including phenoxy) is 1. The van der Waals surface area contributed by atoms with E-state index in [4.69, 9.17) is 0 Å². The summed E-state index contributed by atoms with van der Waals surface area (Å²) in [6.07, 6.45) is 6.07. The number of nitrogens with zero attached hydrogens (tertiary/aromatic N) is 1. The second-order valence-electron chi connectivity index (χ2n) is 3.45. The van der Waals surface area contributed by atoms with Crippen LogP contribution in [0.2, 0.25) is 0 Å². The average molecular weight is 227 g/mol. The van der Waals surface area contributed by atoms with Gasteiger partial charge in [0.2, 0.25) is 0 Å². The zero-order valence-electron chi connectivity index (χ0n) is 9.07. The Kier molecular flexibility index (Phi) is 6.00. The molecule has 1 aromatic rings. The Hall–Kier alpha value is -0.900. The first-order chi connectivity index (χ1) is 7.36. The molecule has 0 aromatic carbocycles. The van der Waals surface area contributed by atoms with Gasteiger partial charge >= 0.3 is 0 Å². The number of aromatic nitrogens is 1. The van der Waals surface area contributed by atoms with E-state index in [1.54, 1.807) is 11.3 Å². The van der Waals surface area contributed by atoms with Crippen LogP contribution < -0.4 is 0 Å². The largest absolute Gasteiger partial charge is 0.460 e. The number of unbranched alkanes of at least 4 members (excludes halogenated alkanes) is 3. The highest BCUT2D eigenvalue weighted by atomic mass is 32.1. The van der Waals surface area contributed by atoms with Gasteiger partial charge in [-0.15, -0.1) is 11.3 Å². The van der Waals surface area contributed by atoms with Gasteiger partial charge in [-0.2, -0.15) is 0 Å². The number of rotatable bonds is 8. The molecule has 1 rings (SSSR count). The van der Waals surface area contributed by atoms with E-state index in [1.165, 1.54) is 25.7 Å². The Morgan fingerprint density at radius 2 is 2.33 bits per heavy atom. The summed E-state index contributed by atoms with van der Waals surface area (Å²) in [6.45, 7) is 2.98. The minimum atomic E-state index is 0.309. The Labute approximate surface area is 94.5 Å². The molecule has 0 aliphatic rings. The molecule has 0 aliphatic heterocycles. The molecule has 4 heteroatoms. The zero-order chi connectivity index (χ0) is 10.9. The SMILES string of the molecule is CCCCCCc1csc(COC=O)n1. The van der Waals surface area contributed by atoms with Gasteiger partial charge in [-0.05, 0) is 12.8 Å². The van der Waals surface area contributed by atoms with Crippen molar-refractivity contribution in [2.75, 3.05) is 0 Å². The first kappa shape index (κ1) is 12.2. The molecule has 15 heavy (non-hydrogen) atoms. The van der Waals surface area contributed by atoms with Gasteiger partial charge in [-0.25, -0.2) is 4.98 Å². The van der Waals surface area contributed by atoms with Gasteiger partial charge in [0.1, 0.15) is 11.6 Å². The van der Waals surface area contributed by atoms with Gasteiger partial charge < -0.3 is 4.74 Å². The fourth-order valence-electron chi connectivity index (χ4n) is 1.37. The molecule has 0 atom stereocenters. The minimum absolute atomic E-state index is 0.309. The lowest BCUT2D eigenvalue weighted by Crippen LogP contribution is -1.91. The molecule has 0 N–H and O–H groups in total. The molecule has 0 unspecified atom stereocenters. The van der Waals surface area contributed by atoms with Crippen molar-refractivity contribution in [3.05, 3.63) is 16.1 Å². The second kappa shape index (κ2) is 7.40. The summed E-state index contributed by atoms with van der Waals surface area (Å²) < 4.78 is 4.64. The normalized spacial score (nSPS) is 10.2. The molecule has 0 bridgehead atoms. The standard InChI is InChI=1S/C11H17NO2S/c1-2-3-4-5-6-10-8-15-11(12-10)7-14-9-13/h8-9H,2-7H2,1H3. The third-order valence-electron chi connectivity index (χ3n) is 2.16. The molecule has 0 aliphatic carbocycles. The maximum absolute atomic E-state index is 9.98. The smallest absolute Gasteiger partial charge is 0.293 e. The first-order valence-electron chi connectivity index (χ1n) is 5.35. The van der Waals surface area contributed by atoms with Crippen molar-refractivity contribution in [2.24, 2.45) is 0 Å². The van der Waals surface area contributed by atoms with Crippen LogP contribution in [-0.2, 0) is 22.6 Å². The maximum atomic E-state index is 9.98. The van der Waals surface area contributed by atoms with E-state index < -0.39 is 0 Å². The van der Waals surface area contributed by atoms with Gasteiger partial charge in [-0.1, -0.05) is 26.2 Å². The van der Waals surface area contributed by atoms with Gasteiger partial charge in [0.05, 0.1) is 5.69 Å². The summed E-state index contributed by atoms with van der Waals surface area (Å²) in [5.41, 5.74) is 1.13. The second-order valence-corrected chi connectivity index (χ2v) is 4.39. The van der Waals surface area contributed by atoms with E-state index in [0.29, 0.717) is 13.1 Å². The molecular formula is C11H17NO2S. The summed E-state index contributed by atoms with van der Waals surface area (Å²) in [5.74, 6) is 0. The van der Waals surface area contributed by atoms with Gasteiger partial charge in [0.25, 0.3) is 6.47 Å². The van der Waals surface area contributed by atoms with Crippen LogP contribution in [0.4, 0.5) is 0 Å². The molecular weight excluding hydrogens is 210 g/mol. The Morgan fingerprint density at radius 1 is 1.47 bits per heavy atom. The quantitative estimate of drug-likeness (QED) is 0.506. The lowest BCUT2D eigenvalue weighted by molar-refractivity contribution is -0.129. The summed E-state index contributed by atoms with van der Waals surface area (Å²) in [6, 6.07) is 0. The maximum Gasteiger partial charge on any atom is 0.293 e. The molecule has 3 nitrogen and oxygen atoms in total. The lowest BCUT2D eigenvalue weighted by Gasteiger charge is -1.96. The van der Waals surface area contributed by atoms with Gasteiger partial charge in [0.15, 0.2) is 0 Å². The molecule has 1 aromatic heterocycles. The minimum Gasteiger partial charge on any atom is -0.460 e. The molecule has 0 spiro atoms. The van der Waals surface area contributed by atoms with Crippen molar-refractivity contribution >= 4 is 17.8 Å². The topological polar surface area (TPSA) is 39.2 Å². The van der Waals surface area contributed by atoms with Crippen LogP contribution in [0.3, 0.4) is 0 Å². The van der Waals surface area contributed by atoms with Crippen molar-refractivity contribution in [1.82, 2.24) is 4.98 Å². The van der Waals surface area contributed by atoms with Crippen LogP contribution in [0.25, 0.3) is 0 Å².